The Morgan fingerprint density at radius 3 is 2.52 bits per heavy atom. The van der Waals surface area contributed by atoms with Crippen molar-refractivity contribution in [2.75, 3.05) is 7.11 Å². The van der Waals surface area contributed by atoms with Crippen molar-refractivity contribution in [2.24, 2.45) is 5.10 Å². The third-order valence-corrected chi connectivity index (χ3v) is 3.28. The van der Waals surface area contributed by atoms with E-state index in [0.29, 0.717) is 16.9 Å². The summed E-state index contributed by atoms with van der Waals surface area (Å²) in [6.07, 6.45) is 0.301. The number of hydrogen-bond donors (Lipinski definition) is 2. The van der Waals surface area contributed by atoms with Gasteiger partial charge in [0.25, 0.3) is 5.91 Å². The van der Waals surface area contributed by atoms with Crippen LogP contribution in [0.4, 0.5) is 0 Å². The highest BCUT2D eigenvalue weighted by molar-refractivity contribution is 5.95. The summed E-state index contributed by atoms with van der Waals surface area (Å²) in [5, 5.41) is 12.9. The zero-order chi connectivity index (χ0) is 18.2. The Kier molecular flexibility index (Phi) is 6.11. The van der Waals surface area contributed by atoms with Gasteiger partial charge in [-0.25, -0.2) is 10.2 Å². The van der Waals surface area contributed by atoms with Gasteiger partial charge in [0.15, 0.2) is 17.6 Å². The van der Waals surface area contributed by atoms with Gasteiger partial charge in [0, 0.05) is 11.1 Å². The van der Waals surface area contributed by atoms with Gasteiger partial charge in [-0.15, -0.1) is 0 Å². The predicted octanol–water partition coefficient (Wildman–Crippen LogP) is 2.31. The van der Waals surface area contributed by atoms with E-state index in [1.54, 1.807) is 42.5 Å². The molecule has 2 rings (SSSR count). The average molecular weight is 342 g/mol. The Hall–Kier alpha value is -3.35. The molecule has 25 heavy (non-hydrogen) atoms. The second-order valence-corrected chi connectivity index (χ2v) is 5.04. The summed E-state index contributed by atoms with van der Waals surface area (Å²) in [4.78, 5) is 23.0. The molecule has 0 saturated carbocycles. The fourth-order valence-corrected chi connectivity index (χ4v) is 1.96. The molecule has 2 aromatic carbocycles. The first-order valence-electron chi connectivity index (χ1n) is 7.48. The summed E-state index contributed by atoms with van der Waals surface area (Å²) < 4.78 is 10.6. The van der Waals surface area contributed by atoms with Crippen LogP contribution < -0.4 is 14.9 Å². The van der Waals surface area contributed by atoms with Gasteiger partial charge in [-0.2, -0.15) is 5.10 Å². The highest BCUT2D eigenvalue weighted by atomic mass is 16.5. The smallest absolute Gasteiger partial charge is 0.344 e. The summed E-state index contributed by atoms with van der Waals surface area (Å²) in [6.45, 7) is 1.41. The zero-order valence-corrected chi connectivity index (χ0v) is 13.8. The van der Waals surface area contributed by atoms with Crippen LogP contribution in [0.3, 0.4) is 0 Å². The van der Waals surface area contributed by atoms with Gasteiger partial charge in [0.2, 0.25) is 0 Å². The topological polar surface area (TPSA) is 97.2 Å². The second kappa shape index (κ2) is 8.49. The first kappa shape index (κ1) is 18.0. The number of hydrogen-bond acceptors (Lipinski definition) is 5. The van der Waals surface area contributed by atoms with Crippen LogP contribution in [0.1, 0.15) is 22.8 Å². The molecule has 0 aliphatic carbocycles. The summed E-state index contributed by atoms with van der Waals surface area (Å²) in [5.74, 6) is -0.865. The molecule has 2 aromatic rings. The maximum absolute atomic E-state index is 12.0. The fourth-order valence-electron chi connectivity index (χ4n) is 1.96. The number of carbonyl (C=O) groups excluding carboxylic acids is 1. The fraction of sp³-hybridized carbons (Fsp3) is 0.167. The third kappa shape index (κ3) is 4.81. The Morgan fingerprint density at radius 1 is 1.16 bits per heavy atom. The summed E-state index contributed by atoms with van der Waals surface area (Å²) in [5.41, 5.74) is 3.35. The van der Waals surface area contributed by atoms with Crippen molar-refractivity contribution in [1.29, 1.82) is 0 Å². The molecule has 0 saturated heterocycles. The van der Waals surface area contributed by atoms with Gasteiger partial charge in [-0.1, -0.05) is 24.3 Å². The van der Waals surface area contributed by atoms with E-state index in [-0.39, 0.29) is 11.7 Å². The molecule has 1 amide bonds. The lowest BCUT2D eigenvalue weighted by atomic mass is 10.2. The summed E-state index contributed by atoms with van der Waals surface area (Å²) >= 11 is 0. The quantitative estimate of drug-likeness (QED) is 0.594. The predicted molar refractivity (Wildman–Crippen MR) is 92.2 cm³/mol. The second-order valence-electron chi connectivity index (χ2n) is 5.04. The number of benzene rings is 2. The van der Waals surface area contributed by atoms with Crippen LogP contribution in [0.25, 0.3) is 0 Å². The molecule has 0 heterocycles. The standard InChI is InChI=1S/C18H18N2O5/c1-12(18(22)23)25-16-14(9-6-10-15(16)24-2)11-19-20-17(21)13-7-4-3-5-8-13/h3-12H,1-2H3,(H,20,21)(H,22,23)/b19-11-/t12-/m0/s1. The van der Waals surface area contributed by atoms with Crippen LogP contribution in [0, 0.1) is 0 Å². The first-order valence-corrected chi connectivity index (χ1v) is 7.48. The number of rotatable bonds is 7. The van der Waals surface area contributed by atoms with Gasteiger partial charge in [-0.05, 0) is 31.2 Å². The molecule has 0 unspecified atom stereocenters. The zero-order valence-electron chi connectivity index (χ0n) is 13.8. The Morgan fingerprint density at radius 2 is 1.88 bits per heavy atom. The SMILES string of the molecule is COc1cccc(/C=N\NC(=O)c2ccccc2)c1O[C@@H](C)C(=O)O. The van der Waals surface area contributed by atoms with Crippen LogP contribution in [-0.4, -0.2) is 36.4 Å². The maximum Gasteiger partial charge on any atom is 0.344 e. The Labute approximate surface area is 144 Å². The van der Waals surface area contributed by atoms with Crippen molar-refractivity contribution >= 4 is 18.1 Å². The number of ether oxygens (including phenoxy) is 2. The highest BCUT2D eigenvalue weighted by Crippen LogP contribution is 2.31. The van der Waals surface area contributed by atoms with Crippen molar-refractivity contribution in [3.05, 3.63) is 59.7 Å². The molecule has 7 nitrogen and oxygen atoms in total. The number of carboxylic acid groups (broad SMARTS) is 1. The van der Waals surface area contributed by atoms with E-state index in [2.05, 4.69) is 10.5 Å². The lowest BCUT2D eigenvalue weighted by Crippen LogP contribution is -2.24. The summed E-state index contributed by atoms with van der Waals surface area (Å²) in [7, 11) is 1.45. The Balaban J connectivity index is 2.18. The summed E-state index contributed by atoms with van der Waals surface area (Å²) in [6, 6.07) is 13.7. The van der Waals surface area contributed by atoms with E-state index >= 15 is 0 Å². The third-order valence-electron chi connectivity index (χ3n) is 3.28. The minimum Gasteiger partial charge on any atom is -0.493 e. The Bertz CT molecular complexity index is 774. The lowest BCUT2D eigenvalue weighted by Gasteiger charge is -2.15. The average Bonchev–Trinajstić information content (AvgIpc) is 2.63. The number of carbonyl (C=O) groups is 2. The number of nitrogens with one attached hydrogen (secondary N) is 1. The van der Waals surface area contributed by atoms with E-state index in [4.69, 9.17) is 14.6 Å². The number of amides is 1. The minimum absolute atomic E-state index is 0.234. The molecule has 0 radical (unpaired) electrons. The molecular formula is C18H18N2O5. The van der Waals surface area contributed by atoms with Gasteiger partial charge in [-0.3, -0.25) is 4.79 Å². The van der Waals surface area contributed by atoms with Crippen molar-refractivity contribution in [3.8, 4) is 11.5 Å². The molecular weight excluding hydrogens is 324 g/mol. The number of aliphatic carboxylic acids is 1. The van der Waals surface area contributed by atoms with E-state index in [0.717, 1.165) is 0 Å². The van der Waals surface area contributed by atoms with Crippen molar-refractivity contribution in [2.45, 2.75) is 13.0 Å². The molecule has 0 fully saturated rings. The van der Waals surface area contributed by atoms with Crippen molar-refractivity contribution in [3.63, 3.8) is 0 Å². The van der Waals surface area contributed by atoms with Gasteiger partial charge in [0.1, 0.15) is 0 Å². The van der Waals surface area contributed by atoms with Crippen LogP contribution >= 0.6 is 0 Å². The van der Waals surface area contributed by atoms with E-state index in [1.165, 1.54) is 20.2 Å². The molecule has 0 aliphatic rings. The van der Waals surface area contributed by atoms with Crippen LogP contribution in [0.5, 0.6) is 11.5 Å². The largest absolute Gasteiger partial charge is 0.493 e. The number of para-hydroxylation sites is 1. The normalized spacial score (nSPS) is 11.8. The molecule has 130 valence electrons. The highest BCUT2D eigenvalue weighted by Gasteiger charge is 2.18. The van der Waals surface area contributed by atoms with Gasteiger partial charge < -0.3 is 14.6 Å². The minimum atomic E-state index is -1.11. The van der Waals surface area contributed by atoms with E-state index in [9.17, 15) is 9.59 Å². The molecule has 0 aromatic heterocycles. The molecule has 0 spiro atoms. The van der Waals surface area contributed by atoms with Gasteiger partial charge in [0.05, 0.1) is 13.3 Å². The van der Waals surface area contributed by atoms with Crippen molar-refractivity contribution < 1.29 is 24.2 Å². The van der Waals surface area contributed by atoms with Gasteiger partial charge >= 0.3 is 5.97 Å². The molecule has 2 N–H and O–H groups in total. The first-order chi connectivity index (χ1) is 12.0. The number of hydrazone groups is 1. The molecule has 7 heteroatoms. The number of nitrogens with zero attached hydrogens (tertiary/aromatic N) is 1. The monoisotopic (exact) mass is 342 g/mol. The van der Waals surface area contributed by atoms with Crippen molar-refractivity contribution in [1.82, 2.24) is 5.43 Å². The number of methoxy groups -OCH3 is 1. The molecule has 1 atom stereocenters. The van der Waals surface area contributed by atoms with E-state index in [1.807, 2.05) is 6.07 Å². The molecule has 0 aliphatic heterocycles. The maximum atomic E-state index is 12.0. The lowest BCUT2D eigenvalue weighted by molar-refractivity contribution is -0.144. The van der Waals surface area contributed by atoms with Crippen LogP contribution in [0.2, 0.25) is 0 Å². The van der Waals surface area contributed by atoms with Crippen LogP contribution in [-0.2, 0) is 4.79 Å². The van der Waals surface area contributed by atoms with E-state index < -0.39 is 12.1 Å². The molecule has 0 bridgehead atoms. The van der Waals surface area contributed by atoms with Crippen LogP contribution in [0.15, 0.2) is 53.6 Å². The number of carboxylic acids is 1.